The van der Waals surface area contributed by atoms with Gasteiger partial charge in [0.2, 0.25) is 10.0 Å². The fourth-order valence-corrected chi connectivity index (χ4v) is 5.53. The van der Waals surface area contributed by atoms with Gasteiger partial charge in [-0.25, -0.2) is 22.9 Å². The number of hydrogen-bond donors (Lipinski definition) is 0. The molecule has 1 aliphatic heterocycles. The minimum absolute atomic E-state index is 0.0339. The van der Waals surface area contributed by atoms with Crippen LogP contribution in [0.25, 0.3) is 16.7 Å². The molecule has 0 radical (unpaired) electrons. The summed E-state index contributed by atoms with van der Waals surface area (Å²) in [5.74, 6) is 0.0761. The highest BCUT2D eigenvalue weighted by Crippen LogP contribution is 2.24. The van der Waals surface area contributed by atoms with Crippen LogP contribution in [0, 0.1) is 0 Å². The molecule has 0 bridgehead atoms. The van der Waals surface area contributed by atoms with E-state index in [4.69, 9.17) is 9.47 Å². The third-order valence-electron chi connectivity index (χ3n) is 5.93. The summed E-state index contributed by atoms with van der Waals surface area (Å²) in [6.45, 7) is 3.94. The van der Waals surface area contributed by atoms with Crippen LogP contribution in [0.3, 0.4) is 0 Å². The molecule has 0 atom stereocenters. The molecule has 0 aliphatic carbocycles. The van der Waals surface area contributed by atoms with E-state index in [-0.39, 0.29) is 11.5 Å². The van der Waals surface area contributed by atoms with Crippen molar-refractivity contribution >= 4 is 27.0 Å². The van der Waals surface area contributed by atoms with E-state index in [0.717, 1.165) is 11.2 Å². The van der Waals surface area contributed by atoms with E-state index in [2.05, 4.69) is 10.1 Å². The molecule has 0 amide bonds. The molecule has 1 fully saturated rings. The van der Waals surface area contributed by atoms with Gasteiger partial charge in [0.25, 0.3) is 0 Å². The van der Waals surface area contributed by atoms with Crippen LogP contribution in [0.4, 0.5) is 0 Å². The monoisotopic (exact) mass is 495 g/mol. The lowest BCUT2D eigenvalue weighted by molar-refractivity contribution is 0.0458. The van der Waals surface area contributed by atoms with Crippen molar-refractivity contribution in [2.45, 2.75) is 25.0 Å². The van der Waals surface area contributed by atoms with Gasteiger partial charge in [-0.1, -0.05) is 0 Å². The first kappa shape index (κ1) is 23.2. The lowest BCUT2D eigenvalue weighted by Gasteiger charge is -2.26. The molecule has 3 heterocycles. The Morgan fingerprint density at radius 3 is 2.57 bits per heavy atom. The summed E-state index contributed by atoms with van der Waals surface area (Å²) in [7, 11) is -3.63. The number of carbonyl (C=O) groups excluding carboxylic acids is 1. The number of imidazole rings is 1. The summed E-state index contributed by atoms with van der Waals surface area (Å²) in [4.78, 5) is 17.4. The van der Waals surface area contributed by atoms with Crippen LogP contribution >= 0.6 is 0 Å². The number of morpholine rings is 1. The fraction of sp³-hybridized carbons (Fsp3) is 0.292. The van der Waals surface area contributed by atoms with Crippen LogP contribution in [0.5, 0.6) is 0 Å². The van der Waals surface area contributed by atoms with Crippen molar-refractivity contribution in [2.75, 3.05) is 26.3 Å². The van der Waals surface area contributed by atoms with Crippen molar-refractivity contribution in [1.29, 1.82) is 0 Å². The maximum atomic E-state index is 13.0. The number of esters is 1. The van der Waals surface area contributed by atoms with Crippen LogP contribution in [-0.4, -0.2) is 64.3 Å². The Kier molecular flexibility index (Phi) is 6.37. The average Bonchev–Trinajstić information content (AvgIpc) is 3.55. The number of nitrogens with zero attached hydrogens (tertiary/aromatic N) is 5. The molecule has 0 spiro atoms. The smallest absolute Gasteiger partial charge is 0.338 e. The van der Waals surface area contributed by atoms with Gasteiger partial charge in [0, 0.05) is 32.0 Å². The van der Waals surface area contributed by atoms with Gasteiger partial charge in [0.15, 0.2) is 0 Å². The third kappa shape index (κ3) is 4.57. The highest BCUT2D eigenvalue weighted by molar-refractivity contribution is 7.89. The summed E-state index contributed by atoms with van der Waals surface area (Å²) in [6, 6.07) is 13.7. The zero-order valence-electron chi connectivity index (χ0n) is 19.2. The molecule has 1 aliphatic rings. The average molecular weight is 496 g/mol. The number of ether oxygens (including phenoxy) is 2. The standard InChI is InChI=1S/C24H25N5O5S/c1-2-28-22-9-8-20(35(31,32)27-12-14-33-15-13-27)16-21(22)26-23(28)17-34-24(30)18-4-6-19(7-5-18)29-11-3-10-25-29/h3-11,16H,2,12-15,17H2,1H3. The Balaban J connectivity index is 1.34. The van der Waals surface area contributed by atoms with E-state index < -0.39 is 16.0 Å². The molecule has 4 aromatic rings. The molecule has 10 nitrogen and oxygen atoms in total. The van der Waals surface area contributed by atoms with Crippen molar-refractivity contribution in [2.24, 2.45) is 0 Å². The van der Waals surface area contributed by atoms with Gasteiger partial charge in [-0.3, -0.25) is 0 Å². The molecule has 35 heavy (non-hydrogen) atoms. The van der Waals surface area contributed by atoms with E-state index in [1.165, 1.54) is 4.31 Å². The largest absolute Gasteiger partial charge is 0.454 e. The summed E-state index contributed by atoms with van der Waals surface area (Å²) < 4.78 is 41.9. The van der Waals surface area contributed by atoms with E-state index in [1.54, 1.807) is 53.3 Å². The van der Waals surface area contributed by atoms with Crippen molar-refractivity contribution in [3.8, 4) is 5.69 Å². The molecule has 0 unspecified atom stereocenters. The van der Waals surface area contributed by atoms with Crippen LogP contribution < -0.4 is 0 Å². The van der Waals surface area contributed by atoms with Gasteiger partial charge in [-0.2, -0.15) is 9.40 Å². The van der Waals surface area contributed by atoms with E-state index >= 15 is 0 Å². The Morgan fingerprint density at radius 1 is 1.11 bits per heavy atom. The quantitative estimate of drug-likeness (QED) is 0.363. The molecular formula is C24H25N5O5S. The van der Waals surface area contributed by atoms with Gasteiger partial charge >= 0.3 is 5.97 Å². The maximum Gasteiger partial charge on any atom is 0.338 e. The summed E-state index contributed by atoms with van der Waals surface area (Å²) in [5.41, 5.74) is 2.57. The summed E-state index contributed by atoms with van der Waals surface area (Å²) in [6.07, 6.45) is 3.50. The van der Waals surface area contributed by atoms with Crippen LogP contribution in [0.2, 0.25) is 0 Å². The van der Waals surface area contributed by atoms with Gasteiger partial charge in [-0.15, -0.1) is 0 Å². The molecule has 1 saturated heterocycles. The molecule has 2 aromatic carbocycles. The fourth-order valence-electron chi connectivity index (χ4n) is 4.10. The van der Waals surface area contributed by atoms with Gasteiger partial charge in [-0.05, 0) is 55.5 Å². The molecular weight excluding hydrogens is 470 g/mol. The van der Waals surface area contributed by atoms with E-state index in [1.807, 2.05) is 23.8 Å². The zero-order chi connectivity index (χ0) is 24.4. The second-order valence-corrected chi connectivity index (χ2v) is 9.95. The topological polar surface area (TPSA) is 109 Å². The highest BCUT2D eigenvalue weighted by Gasteiger charge is 2.27. The first-order chi connectivity index (χ1) is 17.0. The van der Waals surface area contributed by atoms with Crippen LogP contribution in [-0.2, 0) is 32.6 Å². The number of rotatable bonds is 7. The number of carbonyl (C=O) groups is 1. The van der Waals surface area contributed by atoms with Crippen LogP contribution in [0.15, 0.2) is 65.8 Å². The van der Waals surface area contributed by atoms with Crippen molar-refractivity contribution < 1.29 is 22.7 Å². The van der Waals surface area contributed by atoms with E-state index in [0.29, 0.717) is 49.8 Å². The molecule has 0 N–H and O–H groups in total. The second kappa shape index (κ2) is 9.61. The lowest BCUT2D eigenvalue weighted by Crippen LogP contribution is -2.40. The van der Waals surface area contributed by atoms with Crippen molar-refractivity contribution in [3.05, 3.63) is 72.3 Å². The highest BCUT2D eigenvalue weighted by atomic mass is 32.2. The van der Waals surface area contributed by atoms with Crippen molar-refractivity contribution in [3.63, 3.8) is 0 Å². The third-order valence-corrected chi connectivity index (χ3v) is 7.82. The molecule has 5 rings (SSSR count). The maximum absolute atomic E-state index is 13.0. The number of aryl methyl sites for hydroxylation is 1. The number of benzene rings is 2. The minimum Gasteiger partial charge on any atom is -0.454 e. The SMILES string of the molecule is CCn1c(COC(=O)c2ccc(-n3cccn3)cc2)nc2cc(S(=O)(=O)N3CCOCC3)ccc21. The Morgan fingerprint density at radius 2 is 1.89 bits per heavy atom. The number of sulfonamides is 1. The van der Waals surface area contributed by atoms with Gasteiger partial charge in [0.05, 0.1) is 40.4 Å². The molecule has 2 aromatic heterocycles. The number of hydrogen-bond acceptors (Lipinski definition) is 7. The Labute approximate surface area is 202 Å². The van der Waals surface area contributed by atoms with Crippen molar-refractivity contribution in [1.82, 2.24) is 23.6 Å². The minimum atomic E-state index is -3.63. The first-order valence-corrected chi connectivity index (χ1v) is 12.8. The van der Waals surface area contributed by atoms with E-state index in [9.17, 15) is 13.2 Å². The number of aromatic nitrogens is 4. The predicted molar refractivity (Wildman–Crippen MR) is 128 cm³/mol. The summed E-state index contributed by atoms with van der Waals surface area (Å²) in [5, 5.41) is 4.17. The normalized spacial score (nSPS) is 14.9. The molecule has 0 saturated carbocycles. The van der Waals surface area contributed by atoms with Gasteiger partial charge < -0.3 is 14.0 Å². The zero-order valence-corrected chi connectivity index (χ0v) is 20.0. The molecule has 182 valence electrons. The van der Waals surface area contributed by atoms with Gasteiger partial charge in [0.1, 0.15) is 12.4 Å². The first-order valence-electron chi connectivity index (χ1n) is 11.3. The van der Waals surface area contributed by atoms with Crippen LogP contribution in [0.1, 0.15) is 23.1 Å². The predicted octanol–water partition coefficient (Wildman–Crippen LogP) is 2.62. The summed E-state index contributed by atoms with van der Waals surface area (Å²) >= 11 is 0. The Hall–Kier alpha value is -3.54. The molecule has 11 heteroatoms. The Bertz CT molecular complexity index is 1440. The second-order valence-electron chi connectivity index (χ2n) is 8.01. The number of fused-ring (bicyclic) bond motifs is 1. The lowest BCUT2D eigenvalue weighted by atomic mass is 10.2.